The summed E-state index contributed by atoms with van der Waals surface area (Å²) in [6, 6.07) is 1.23. The van der Waals surface area contributed by atoms with Crippen molar-refractivity contribution in [3.05, 3.63) is 21.4 Å². The van der Waals surface area contributed by atoms with E-state index >= 15 is 0 Å². The fourth-order valence-electron chi connectivity index (χ4n) is 1.17. The number of hydrogen-bond acceptors (Lipinski definition) is 3. The molecule has 3 nitrogen and oxygen atoms in total. The third kappa shape index (κ3) is 3.59. The van der Waals surface area contributed by atoms with Gasteiger partial charge in [-0.1, -0.05) is 18.5 Å². The Kier molecular flexibility index (Phi) is 5.41. The van der Waals surface area contributed by atoms with Crippen molar-refractivity contribution in [2.24, 2.45) is 0 Å². The quantitative estimate of drug-likeness (QED) is 0.465. The van der Waals surface area contributed by atoms with Gasteiger partial charge in [0.05, 0.1) is 11.1 Å². The van der Waals surface area contributed by atoms with Crippen LogP contribution in [-0.2, 0) is 4.79 Å². The average Bonchev–Trinajstić information content (AvgIpc) is 2.31. The molecule has 0 saturated heterocycles. The maximum Gasteiger partial charge on any atom is 0.311 e. The number of rotatable bonds is 4. The van der Waals surface area contributed by atoms with Gasteiger partial charge in [-0.3, -0.25) is 4.79 Å². The van der Waals surface area contributed by atoms with Gasteiger partial charge in [-0.2, -0.15) is 0 Å². The second-order valence-electron chi connectivity index (χ2n) is 3.81. The van der Waals surface area contributed by atoms with Gasteiger partial charge in [0.2, 0.25) is 0 Å². The Balaban J connectivity index is 3.24. The number of esters is 1. The predicted molar refractivity (Wildman–Crippen MR) is 70.8 cm³/mol. The predicted octanol–water partition coefficient (Wildman–Crippen LogP) is 4.34. The van der Waals surface area contributed by atoms with E-state index in [0.29, 0.717) is 0 Å². The van der Waals surface area contributed by atoms with Crippen molar-refractivity contribution in [1.29, 1.82) is 0 Å². The van der Waals surface area contributed by atoms with Crippen molar-refractivity contribution in [1.82, 2.24) is 0 Å². The van der Waals surface area contributed by atoms with Gasteiger partial charge in [0.15, 0.2) is 17.3 Å². The molecule has 1 aromatic rings. The van der Waals surface area contributed by atoms with Crippen LogP contribution in [0.5, 0.6) is 11.5 Å². The van der Waals surface area contributed by atoms with Crippen LogP contribution in [0.1, 0.15) is 27.2 Å². The lowest BCUT2D eigenvalue weighted by molar-refractivity contribution is -0.134. The van der Waals surface area contributed by atoms with Crippen molar-refractivity contribution < 1.29 is 18.7 Å². The second-order valence-corrected chi connectivity index (χ2v) is 5.01. The highest BCUT2D eigenvalue weighted by Gasteiger charge is 2.20. The highest BCUT2D eigenvalue weighted by molar-refractivity contribution is 9.10. The van der Waals surface area contributed by atoms with E-state index in [0.717, 1.165) is 0 Å². The second kappa shape index (κ2) is 6.38. The number of hydrogen-bond donors (Lipinski definition) is 0. The first kappa shape index (κ1) is 15.2. The lowest BCUT2D eigenvalue weighted by Gasteiger charge is -2.16. The highest BCUT2D eigenvalue weighted by Crippen LogP contribution is 2.41. The molecular formula is C12H13BrClFO3. The lowest BCUT2D eigenvalue weighted by Crippen LogP contribution is -2.11. The summed E-state index contributed by atoms with van der Waals surface area (Å²) in [5, 5.41) is -0.142. The summed E-state index contributed by atoms with van der Waals surface area (Å²) >= 11 is 8.75. The Morgan fingerprint density at radius 2 is 2.17 bits per heavy atom. The molecule has 0 bridgehead atoms. The molecule has 0 fully saturated rings. The van der Waals surface area contributed by atoms with Crippen molar-refractivity contribution >= 4 is 33.5 Å². The van der Waals surface area contributed by atoms with E-state index < -0.39 is 11.8 Å². The van der Waals surface area contributed by atoms with Gasteiger partial charge in [-0.05, 0) is 29.8 Å². The fourth-order valence-corrected chi connectivity index (χ4v) is 1.98. The summed E-state index contributed by atoms with van der Waals surface area (Å²) in [4.78, 5) is 11.3. The maximum atomic E-state index is 13.6. The van der Waals surface area contributed by atoms with Crippen LogP contribution in [-0.4, -0.2) is 12.1 Å². The maximum absolute atomic E-state index is 13.6. The third-order valence-corrected chi connectivity index (χ3v) is 2.93. The minimum atomic E-state index is -0.649. The van der Waals surface area contributed by atoms with Crippen LogP contribution in [0.3, 0.4) is 0 Å². The SMILES string of the molecule is CCC(=O)Oc1cc(Cl)c(F)c(Br)c1OC(C)C. The summed E-state index contributed by atoms with van der Waals surface area (Å²) in [6.45, 7) is 5.22. The van der Waals surface area contributed by atoms with Gasteiger partial charge in [-0.15, -0.1) is 0 Å². The molecule has 18 heavy (non-hydrogen) atoms. The zero-order chi connectivity index (χ0) is 13.9. The summed E-state index contributed by atoms with van der Waals surface area (Å²) in [5.74, 6) is -0.857. The van der Waals surface area contributed by atoms with Crippen LogP contribution in [0.2, 0.25) is 5.02 Å². The molecule has 0 heterocycles. The van der Waals surface area contributed by atoms with E-state index in [1.807, 2.05) is 0 Å². The molecule has 0 N–H and O–H groups in total. The van der Waals surface area contributed by atoms with Crippen molar-refractivity contribution in [2.75, 3.05) is 0 Å². The zero-order valence-corrected chi connectivity index (χ0v) is 12.6. The Labute approximate surface area is 118 Å². The molecule has 0 saturated carbocycles. The van der Waals surface area contributed by atoms with Gasteiger partial charge >= 0.3 is 5.97 Å². The van der Waals surface area contributed by atoms with E-state index in [2.05, 4.69) is 15.9 Å². The molecule has 0 atom stereocenters. The summed E-state index contributed by atoms with van der Waals surface area (Å²) in [5.41, 5.74) is 0. The van der Waals surface area contributed by atoms with Gasteiger partial charge in [0, 0.05) is 12.5 Å². The topological polar surface area (TPSA) is 35.5 Å². The molecular weight excluding hydrogens is 326 g/mol. The number of benzene rings is 1. The van der Waals surface area contributed by atoms with E-state index in [4.69, 9.17) is 21.1 Å². The highest BCUT2D eigenvalue weighted by atomic mass is 79.9. The molecule has 0 amide bonds. The first-order valence-electron chi connectivity index (χ1n) is 5.41. The van der Waals surface area contributed by atoms with Crippen LogP contribution < -0.4 is 9.47 Å². The number of halogens is 3. The van der Waals surface area contributed by atoms with Crippen LogP contribution in [0.25, 0.3) is 0 Å². The van der Waals surface area contributed by atoms with Gasteiger partial charge in [0.25, 0.3) is 0 Å². The minimum absolute atomic E-state index is 0.0441. The number of carbonyl (C=O) groups excluding carboxylic acids is 1. The normalized spacial score (nSPS) is 10.6. The minimum Gasteiger partial charge on any atom is -0.486 e. The van der Waals surface area contributed by atoms with Crippen LogP contribution in [0.4, 0.5) is 4.39 Å². The number of ether oxygens (including phenoxy) is 2. The molecule has 0 unspecified atom stereocenters. The largest absolute Gasteiger partial charge is 0.486 e. The summed E-state index contributed by atoms with van der Waals surface area (Å²) < 4.78 is 24.2. The van der Waals surface area contributed by atoms with Crippen LogP contribution in [0, 0.1) is 5.82 Å². The molecule has 0 aliphatic heterocycles. The molecule has 0 radical (unpaired) electrons. The van der Waals surface area contributed by atoms with Crippen LogP contribution in [0.15, 0.2) is 10.5 Å². The van der Waals surface area contributed by atoms with Gasteiger partial charge < -0.3 is 9.47 Å². The first-order valence-corrected chi connectivity index (χ1v) is 6.58. The third-order valence-electron chi connectivity index (χ3n) is 1.95. The van der Waals surface area contributed by atoms with Gasteiger partial charge in [-0.25, -0.2) is 4.39 Å². The molecule has 1 rings (SSSR count). The Bertz CT molecular complexity index is 463. The van der Waals surface area contributed by atoms with E-state index in [-0.39, 0.29) is 33.5 Å². The Morgan fingerprint density at radius 1 is 1.56 bits per heavy atom. The molecule has 6 heteroatoms. The molecule has 0 spiro atoms. The molecule has 0 aromatic heterocycles. The van der Waals surface area contributed by atoms with Crippen molar-refractivity contribution in [2.45, 2.75) is 33.3 Å². The summed E-state index contributed by atoms with van der Waals surface area (Å²) in [6.07, 6.45) is 0.00856. The smallest absolute Gasteiger partial charge is 0.311 e. The monoisotopic (exact) mass is 338 g/mol. The van der Waals surface area contributed by atoms with E-state index in [9.17, 15) is 9.18 Å². The number of carbonyl (C=O) groups is 1. The first-order chi connectivity index (χ1) is 8.36. The van der Waals surface area contributed by atoms with Crippen molar-refractivity contribution in [3.63, 3.8) is 0 Å². The van der Waals surface area contributed by atoms with Gasteiger partial charge in [0.1, 0.15) is 4.47 Å². The fraction of sp³-hybridized carbons (Fsp3) is 0.417. The van der Waals surface area contributed by atoms with Crippen LogP contribution >= 0.6 is 27.5 Å². The Hall–Kier alpha value is -0.810. The zero-order valence-electron chi connectivity index (χ0n) is 10.2. The molecule has 100 valence electrons. The average molecular weight is 340 g/mol. The molecule has 0 aliphatic carbocycles. The van der Waals surface area contributed by atoms with Crippen molar-refractivity contribution in [3.8, 4) is 11.5 Å². The molecule has 0 aliphatic rings. The van der Waals surface area contributed by atoms with E-state index in [1.165, 1.54) is 6.07 Å². The standard InChI is InChI=1S/C12H13BrClFO3/c1-4-9(16)18-8-5-7(14)11(15)10(13)12(8)17-6(2)3/h5-6H,4H2,1-3H3. The molecule has 1 aromatic carbocycles. The lowest BCUT2D eigenvalue weighted by atomic mass is 10.3. The van der Waals surface area contributed by atoms with E-state index in [1.54, 1.807) is 20.8 Å². The summed E-state index contributed by atoms with van der Waals surface area (Å²) in [7, 11) is 0. The Morgan fingerprint density at radius 3 is 2.67 bits per heavy atom.